The summed E-state index contributed by atoms with van der Waals surface area (Å²) in [6.07, 6.45) is 7.25. The molecule has 1 aromatic rings. The van der Waals surface area contributed by atoms with Gasteiger partial charge in [0.15, 0.2) is 0 Å². The maximum absolute atomic E-state index is 13.4. The van der Waals surface area contributed by atoms with Gasteiger partial charge in [-0.2, -0.15) is 0 Å². The normalized spacial score (nSPS) is 15.6. The molecule has 0 atom stereocenters. The first-order valence-corrected chi connectivity index (χ1v) is 8.10. The lowest BCUT2D eigenvalue weighted by Crippen LogP contribution is -2.37. The Morgan fingerprint density at radius 3 is 2.26 bits per heavy atom. The summed E-state index contributed by atoms with van der Waals surface area (Å²) in [4.78, 5) is 11.8. The van der Waals surface area contributed by atoms with Crippen LogP contribution in [0.15, 0.2) is 18.2 Å². The first-order chi connectivity index (χ1) is 10.7. The Bertz CT molecular complexity index is 471. The number of amides is 1. The molecule has 0 bridgehead atoms. The molecule has 0 saturated heterocycles. The molecule has 23 heavy (non-hydrogen) atoms. The summed E-state index contributed by atoms with van der Waals surface area (Å²) in [6.45, 7) is 1.17. The molecule has 1 fully saturated rings. The van der Waals surface area contributed by atoms with Crippen LogP contribution >= 0.6 is 12.4 Å². The predicted octanol–water partition coefficient (Wildman–Crippen LogP) is 3.36. The SMILES string of the molecule is Cl.O=C(Cc1c(F)cccc1F)NCCNC1CCCCCC1. The van der Waals surface area contributed by atoms with Gasteiger partial charge in [0.05, 0.1) is 6.42 Å². The van der Waals surface area contributed by atoms with Crippen molar-refractivity contribution in [1.82, 2.24) is 10.6 Å². The zero-order valence-corrected chi connectivity index (χ0v) is 14.1. The Kier molecular flexibility index (Phi) is 9.10. The number of halogens is 3. The lowest BCUT2D eigenvalue weighted by Gasteiger charge is -2.16. The Morgan fingerprint density at radius 1 is 1.04 bits per heavy atom. The van der Waals surface area contributed by atoms with Crippen LogP contribution in [0.5, 0.6) is 0 Å². The second-order valence-electron chi connectivity index (χ2n) is 5.87. The van der Waals surface area contributed by atoms with Gasteiger partial charge in [-0.3, -0.25) is 4.79 Å². The van der Waals surface area contributed by atoms with Gasteiger partial charge in [0.25, 0.3) is 0 Å². The Balaban J connectivity index is 0.00000264. The molecule has 130 valence electrons. The van der Waals surface area contributed by atoms with Crippen LogP contribution < -0.4 is 10.6 Å². The number of carbonyl (C=O) groups is 1. The van der Waals surface area contributed by atoms with Gasteiger partial charge < -0.3 is 10.6 Å². The fourth-order valence-electron chi connectivity index (χ4n) is 2.89. The van der Waals surface area contributed by atoms with Crippen molar-refractivity contribution in [2.75, 3.05) is 13.1 Å². The molecule has 6 heteroatoms. The van der Waals surface area contributed by atoms with Crippen LogP contribution in [0.3, 0.4) is 0 Å². The maximum atomic E-state index is 13.4. The highest BCUT2D eigenvalue weighted by atomic mass is 35.5. The van der Waals surface area contributed by atoms with E-state index in [1.54, 1.807) is 0 Å². The van der Waals surface area contributed by atoms with E-state index in [1.165, 1.54) is 56.7 Å². The third-order valence-electron chi connectivity index (χ3n) is 4.13. The van der Waals surface area contributed by atoms with Crippen LogP contribution in [-0.2, 0) is 11.2 Å². The highest BCUT2D eigenvalue weighted by molar-refractivity contribution is 5.85. The van der Waals surface area contributed by atoms with Crippen LogP contribution in [-0.4, -0.2) is 25.0 Å². The minimum atomic E-state index is -0.674. The molecule has 0 aliphatic heterocycles. The largest absolute Gasteiger partial charge is 0.355 e. The van der Waals surface area contributed by atoms with Crippen molar-refractivity contribution in [2.45, 2.75) is 51.0 Å². The van der Waals surface area contributed by atoms with E-state index in [2.05, 4.69) is 10.6 Å². The fourth-order valence-corrected chi connectivity index (χ4v) is 2.89. The van der Waals surface area contributed by atoms with Crippen molar-refractivity contribution in [3.63, 3.8) is 0 Å². The van der Waals surface area contributed by atoms with Crippen molar-refractivity contribution < 1.29 is 13.6 Å². The van der Waals surface area contributed by atoms with Crippen molar-refractivity contribution in [3.05, 3.63) is 35.4 Å². The van der Waals surface area contributed by atoms with Gasteiger partial charge in [-0.1, -0.05) is 31.7 Å². The smallest absolute Gasteiger partial charge is 0.224 e. The molecule has 2 rings (SSSR count). The second-order valence-corrected chi connectivity index (χ2v) is 5.87. The molecule has 1 amide bonds. The Morgan fingerprint density at radius 2 is 1.65 bits per heavy atom. The van der Waals surface area contributed by atoms with Gasteiger partial charge in [0.1, 0.15) is 11.6 Å². The molecule has 0 radical (unpaired) electrons. The minimum Gasteiger partial charge on any atom is -0.355 e. The number of nitrogens with one attached hydrogen (secondary N) is 2. The average Bonchev–Trinajstić information content (AvgIpc) is 2.76. The van der Waals surface area contributed by atoms with Crippen LogP contribution in [0.25, 0.3) is 0 Å². The molecule has 2 N–H and O–H groups in total. The van der Waals surface area contributed by atoms with Crippen LogP contribution in [0.4, 0.5) is 8.78 Å². The number of benzene rings is 1. The van der Waals surface area contributed by atoms with Gasteiger partial charge in [0.2, 0.25) is 5.91 Å². The minimum absolute atomic E-state index is 0. The fraction of sp³-hybridized carbons (Fsp3) is 0.588. The summed E-state index contributed by atoms with van der Waals surface area (Å²) in [6, 6.07) is 4.16. The molecule has 0 heterocycles. The monoisotopic (exact) mass is 346 g/mol. The van der Waals surface area contributed by atoms with Crippen molar-refractivity contribution in [3.8, 4) is 0 Å². The van der Waals surface area contributed by atoms with E-state index in [-0.39, 0.29) is 30.3 Å². The lowest BCUT2D eigenvalue weighted by atomic mass is 10.1. The maximum Gasteiger partial charge on any atom is 0.224 e. The first kappa shape index (κ1) is 19.8. The molecule has 0 aromatic heterocycles. The Hall–Kier alpha value is -1.20. The number of carbonyl (C=O) groups excluding carboxylic acids is 1. The summed E-state index contributed by atoms with van der Waals surface area (Å²) in [5, 5.41) is 6.15. The summed E-state index contributed by atoms with van der Waals surface area (Å²) < 4.78 is 26.9. The highest BCUT2D eigenvalue weighted by Gasteiger charge is 2.13. The van der Waals surface area contributed by atoms with Gasteiger partial charge in [-0.15, -0.1) is 12.4 Å². The second kappa shape index (κ2) is 10.6. The number of rotatable bonds is 6. The Labute approximate surface area is 142 Å². The molecule has 0 unspecified atom stereocenters. The van der Waals surface area contributed by atoms with Crippen LogP contribution in [0.1, 0.15) is 44.1 Å². The van der Waals surface area contributed by atoms with Crippen LogP contribution in [0, 0.1) is 11.6 Å². The standard InChI is InChI=1S/C17H24F2N2O.ClH/c18-15-8-5-9-16(19)14(15)12-17(22)21-11-10-20-13-6-3-1-2-4-7-13;/h5,8-9,13,20H,1-4,6-7,10-12H2,(H,21,22);1H. The van der Waals surface area contributed by atoms with Crippen molar-refractivity contribution in [2.24, 2.45) is 0 Å². The van der Waals surface area contributed by atoms with Crippen LogP contribution in [0.2, 0.25) is 0 Å². The molecule has 1 aliphatic carbocycles. The third kappa shape index (κ3) is 6.83. The summed E-state index contributed by atoms with van der Waals surface area (Å²) in [5.41, 5.74) is -0.170. The molecule has 1 saturated carbocycles. The highest BCUT2D eigenvalue weighted by Crippen LogP contribution is 2.16. The van der Waals surface area contributed by atoms with E-state index < -0.39 is 11.6 Å². The average molecular weight is 347 g/mol. The molecule has 1 aromatic carbocycles. The predicted molar refractivity (Wildman–Crippen MR) is 89.8 cm³/mol. The van der Waals surface area contributed by atoms with Crippen molar-refractivity contribution >= 4 is 18.3 Å². The van der Waals surface area contributed by atoms with Crippen molar-refractivity contribution in [1.29, 1.82) is 0 Å². The van der Waals surface area contributed by atoms with E-state index in [0.29, 0.717) is 19.1 Å². The van der Waals surface area contributed by atoms with E-state index >= 15 is 0 Å². The summed E-state index contributed by atoms with van der Waals surface area (Å²) in [7, 11) is 0. The topological polar surface area (TPSA) is 41.1 Å². The van der Waals surface area contributed by atoms with E-state index in [0.717, 1.165) is 0 Å². The quantitative estimate of drug-likeness (QED) is 0.612. The molecule has 0 spiro atoms. The van der Waals surface area contributed by atoms with Gasteiger partial charge in [-0.05, 0) is 25.0 Å². The third-order valence-corrected chi connectivity index (χ3v) is 4.13. The van der Waals surface area contributed by atoms with E-state index in [1.807, 2.05) is 0 Å². The lowest BCUT2D eigenvalue weighted by molar-refractivity contribution is -0.120. The first-order valence-electron chi connectivity index (χ1n) is 8.10. The molecule has 1 aliphatic rings. The molecular weight excluding hydrogens is 322 g/mol. The van der Waals surface area contributed by atoms with E-state index in [9.17, 15) is 13.6 Å². The molecular formula is C17H25ClF2N2O. The summed E-state index contributed by atoms with van der Waals surface area (Å²) >= 11 is 0. The zero-order chi connectivity index (χ0) is 15.8. The molecule has 3 nitrogen and oxygen atoms in total. The number of hydrogen-bond acceptors (Lipinski definition) is 2. The van der Waals surface area contributed by atoms with Gasteiger partial charge >= 0.3 is 0 Å². The zero-order valence-electron chi connectivity index (χ0n) is 13.2. The van der Waals surface area contributed by atoms with E-state index in [4.69, 9.17) is 0 Å². The number of hydrogen-bond donors (Lipinski definition) is 2. The van der Waals surface area contributed by atoms with Gasteiger partial charge in [-0.25, -0.2) is 8.78 Å². The van der Waals surface area contributed by atoms with Gasteiger partial charge in [0, 0.05) is 24.7 Å². The summed E-state index contributed by atoms with van der Waals surface area (Å²) in [5.74, 6) is -1.70.